The molecule has 0 aromatic carbocycles. The van der Waals surface area contributed by atoms with Crippen LogP contribution in [0.25, 0.3) is 0 Å². The Bertz CT molecular complexity index is 451. The lowest BCUT2D eigenvalue weighted by atomic mass is 10.2. The zero-order chi connectivity index (χ0) is 12.5. The van der Waals surface area contributed by atoms with Crippen LogP contribution in [0, 0.1) is 0 Å². The molecule has 4 nitrogen and oxygen atoms in total. The summed E-state index contributed by atoms with van der Waals surface area (Å²) in [6.07, 6.45) is -4.69. The van der Waals surface area contributed by atoms with E-state index in [0.29, 0.717) is 6.07 Å². The third kappa shape index (κ3) is 1.98. The van der Waals surface area contributed by atoms with Crippen LogP contribution in [0.2, 0.25) is 0 Å². The van der Waals surface area contributed by atoms with Gasteiger partial charge in [0.2, 0.25) is 0 Å². The molecule has 7 heteroatoms. The number of hydrogen-bond donors (Lipinski definition) is 2. The summed E-state index contributed by atoms with van der Waals surface area (Å²) in [5, 5.41) is 2.60. The molecule has 90 valence electrons. The van der Waals surface area contributed by atoms with Crippen molar-refractivity contribution in [3.63, 3.8) is 0 Å². The summed E-state index contributed by atoms with van der Waals surface area (Å²) in [4.78, 5) is 11.5. The summed E-state index contributed by atoms with van der Waals surface area (Å²) in [5.41, 5.74) is 3.02. The predicted octanol–water partition coefficient (Wildman–Crippen LogP) is 1.51. The third-order valence-electron chi connectivity index (χ3n) is 2.18. The first kappa shape index (κ1) is 12.4. The number of nitrogen functional groups attached to an aromatic ring is 1. The monoisotopic (exact) mass is 235 g/mol. The van der Waals surface area contributed by atoms with Crippen molar-refractivity contribution in [1.82, 2.24) is 4.57 Å². The van der Waals surface area contributed by atoms with Gasteiger partial charge in [0.25, 0.3) is 5.56 Å². The highest BCUT2D eigenvalue weighted by molar-refractivity contribution is 5.62. The van der Waals surface area contributed by atoms with Crippen molar-refractivity contribution in [2.45, 2.75) is 19.6 Å². The Balaban J connectivity index is 3.60. The van der Waals surface area contributed by atoms with E-state index in [1.54, 1.807) is 6.92 Å². The fourth-order valence-electron chi connectivity index (χ4n) is 1.47. The van der Waals surface area contributed by atoms with Crippen molar-refractivity contribution in [3.8, 4) is 0 Å². The highest BCUT2D eigenvalue weighted by Gasteiger charge is 2.35. The van der Waals surface area contributed by atoms with Crippen molar-refractivity contribution in [3.05, 3.63) is 22.0 Å². The summed E-state index contributed by atoms with van der Waals surface area (Å²) in [6, 6.07) is 0.653. The first-order chi connectivity index (χ1) is 7.32. The van der Waals surface area contributed by atoms with Crippen LogP contribution >= 0.6 is 0 Å². The van der Waals surface area contributed by atoms with E-state index in [-0.39, 0.29) is 18.1 Å². The molecule has 0 saturated carbocycles. The molecule has 1 rings (SSSR count). The van der Waals surface area contributed by atoms with Crippen molar-refractivity contribution >= 4 is 11.5 Å². The fourth-order valence-corrected chi connectivity index (χ4v) is 1.47. The number of pyridine rings is 1. The van der Waals surface area contributed by atoms with Crippen LogP contribution in [-0.4, -0.2) is 11.6 Å². The molecule has 0 fully saturated rings. The van der Waals surface area contributed by atoms with Gasteiger partial charge in [-0.2, -0.15) is 13.2 Å². The zero-order valence-electron chi connectivity index (χ0n) is 8.85. The van der Waals surface area contributed by atoms with E-state index in [1.165, 1.54) is 7.05 Å². The summed E-state index contributed by atoms with van der Waals surface area (Å²) in [5.74, 6) is 0.195. The molecule has 16 heavy (non-hydrogen) atoms. The molecule has 0 amide bonds. The van der Waals surface area contributed by atoms with E-state index < -0.39 is 17.3 Å². The molecular formula is C9H12F3N3O. The molecule has 1 heterocycles. The number of alkyl halides is 3. The van der Waals surface area contributed by atoms with Gasteiger partial charge in [-0.1, -0.05) is 0 Å². The van der Waals surface area contributed by atoms with E-state index in [9.17, 15) is 18.0 Å². The Labute approximate surface area is 89.9 Å². The van der Waals surface area contributed by atoms with Gasteiger partial charge >= 0.3 is 6.18 Å². The first-order valence-electron chi connectivity index (χ1n) is 4.61. The zero-order valence-corrected chi connectivity index (χ0v) is 8.85. The SMILES string of the molecule is CCn1c(NC)c(N)cc(C(F)(F)F)c1=O. The van der Waals surface area contributed by atoms with Gasteiger partial charge in [-0.15, -0.1) is 0 Å². The third-order valence-corrected chi connectivity index (χ3v) is 2.18. The Morgan fingerprint density at radius 3 is 2.44 bits per heavy atom. The van der Waals surface area contributed by atoms with E-state index in [4.69, 9.17) is 5.73 Å². The summed E-state index contributed by atoms with van der Waals surface area (Å²) in [6.45, 7) is 1.69. The van der Waals surface area contributed by atoms with Crippen LogP contribution in [0.3, 0.4) is 0 Å². The molecule has 0 spiro atoms. The van der Waals surface area contributed by atoms with Crippen LogP contribution in [0.1, 0.15) is 12.5 Å². The maximum atomic E-state index is 12.5. The summed E-state index contributed by atoms with van der Waals surface area (Å²) in [7, 11) is 1.49. The highest BCUT2D eigenvalue weighted by atomic mass is 19.4. The van der Waals surface area contributed by atoms with Gasteiger partial charge < -0.3 is 11.1 Å². The molecule has 0 atom stereocenters. The average Bonchev–Trinajstić information content (AvgIpc) is 2.18. The highest BCUT2D eigenvalue weighted by Crippen LogP contribution is 2.29. The second-order valence-corrected chi connectivity index (χ2v) is 3.16. The van der Waals surface area contributed by atoms with Crippen molar-refractivity contribution < 1.29 is 13.2 Å². The van der Waals surface area contributed by atoms with Gasteiger partial charge in [0.15, 0.2) is 0 Å². The second kappa shape index (κ2) is 4.07. The summed E-state index contributed by atoms with van der Waals surface area (Å²) >= 11 is 0. The quantitative estimate of drug-likeness (QED) is 0.816. The Morgan fingerprint density at radius 1 is 1.50 bits per heavy atom. The number of nitrogens with zero attached hydrogens (tertiary/aromatic N) is 1. The molecule has 0 saturated heterocycles. The number of anilines is 2. The fraction of sp³-hybridized carbons (Fsp3) is 0.444. The van der Waals surface area contributed by atoms with Crippen molar-refractivity contribution in [2.24, 2.45) is 0 Å². The van der Waals surface area contributed by atoms with Gasteiger partial charge in [-0.05, 0) is 13.0 Å². The molecule has 1 aromatic rings. The number of nitrogens with one attached hydrogen (secondary N) is 1. The van der Waals surface area contributed by atoms with Crippen LogP contribution in [0.15, 0.2) is 10.9 Å². The number of hydrogen-bond acceptors (Lipinski definition) is 3. The van der Waals surface area contributed by atoms with Gasteiger partial charge in [0, 0.05) is 13.6 Å². The molecule has 0 aliphatic rings. The molecule has 1 aromatic heterocycles. The lowest BCUT2D eigenvalue weighted by Gasteiger charge is -2.16. The van der Waals surface area contributed by atoms with Crippen LogP contribution in [0.5, 0.6) is 0 Å². The largest absolute Gasteiger partial charge is 0.421 e. The molecular weight excluding hydrogens is 223 g/mol. The standard InChI is InChI=1S/C9H12F3N3O/c1-3-15-7(14-2)6(13)4-5(8(15)16)9(10,11)12/h4,14H,3,13H2,1-2H3. The number of nitrogens with two attached hydrogens (primary N) is 1. The average molecular weight is 235 g/mol. The molecule has 0 aliphatic heterocycles. The van der Waals surface area contributed by atoms with Crippen LogP contribution in [0.4, 0.5) is 24.7 Å². The Morgan fingerprint density at radius 2 is 2.06 bits per heavy atom. The molecule has 0 radical (unpaired) electrons. The first-order valence-corrected chi connectivity index (χ1v) is 4.61. The van der Waals surface area contributed by atoms with Gasteiger partial charge in [0.05, 0.1) is 5.69 Å². The molecule has 3 N–H and O–H groups in total. The van der Waals surface area contributed by atoms with Crippen molar-refractivity contribution in [2.75, 3.05) is 18.1 Å². The number of halogens is 3. The predicted molar refractivity (Wildman–Crippen MR) is 55.3 cm³/mol. The normalized spacial score (nSPS) is 11.6. The van der Waals surface area contributed by atoms with Gasteiger partial charge in [0.1, 0.15) is 11.4 Å². The second-order valence-electron chi connectivity index (χ2n) is 3.16. The topological polar surface area (TPSA) is 60.1 Å². The molecule has 0 bridgehead atoms. The van der Waals surface area contributed by atoms with Crippen LogP contribution < -0.4 is 16.6 Å². The molecule has 0 aliphatic carbocycles. The van der Waals surface area contributed by atoms with E-state index in [0.717, 1.165) is 4.57 Å². The number of aromatic nitrogens is 1. The number of rotatable bonds is 2. The maximum Gasteiger partial charge on any atom is 0.421 e. The Kier molecular flexibility index (Phi) is 3.16. The van der Waals surface area contributed by atoms with E-state index >= 15 is 0 Å². The lowest BCUT2D eigenvalue weighted by Crippen LogP contribution is -2.30. The lowest BCUT2D eigenvalue weighted by molar-refractivity contribution is -0.138. The van der Waals surface area contributed by atoms with Crippen LogP contribution in [-0.2, 0) is 12.7 Å². The minimum Gasteiger partial charge on any atom is -0.396 e. The van der Waals surface area contributed by atoms with Crippen molar-refractivity contribution in [1.29, 1.82) is 0 Å². The maximum absolute atomic E-state index is 12.5. The smallest absolute Gasteiger partial charge is 0.396 e. The van der Waals surface area contributed by atoms with Gasteiger partial charge in [-0.25, -0.2) is 0 Å². The van der Waals surface area contributed by atoms with E-state index in [2.05, 4.69) is 5.32 Å². The summed E-state index contributed by atoms with van der Waals surface area (Å²) < 4.78 is 38.4. The Hall–Kier alpha value is -1.66. The minimum absolute atomic E-state index is 0.101. The van der Waals surface area contributed by atoms with Gasteiger partial charge in [-0.3, -0.25) is 9.36 Å². The molecule has 0 unspecified atom stereocenters. The van der Waals surface area contributed by atoms with E-state index in [1.807, 2.05) is 0 Å². The minimum atomic E-state index is -4.69.